The van der Waals surface area contributed by atoms with Crippen LogP contribution in [0.15, 0.2) is 34.8 Å². The number of rotatable bonds is 5. The van der Waals surface area contributed by atoms with Gasteiger partial charge in [0.1, 0.15) is 5.52 Å². The van der Waals surface area contributed by atoms with Crippen molar-refractivity contribution in [2.24, 2.45) is 0 Å². The topological polar surface area (TPSA) is 67.6 Å². The molecule has 1 aliphatic heterocycles. The van der Waals surface area contributed by atoms with Crippen molar-refractivity contribution in [2.45, 2.75) is 0 Å². The van der Waals surface area contributed by atoms with E-state index in [4.69, 9.17) is 9.15 Å². The molecule has 1 aromatic heterocycles. The Balaban J connectivity index is 1.46. The van der Waals surface area contributed by atoms with Crippen molar-refractivity contribution in [1.29, 1.82) is 0 Å². The zero-order valence-corrected chi connectivity index (χ0v) is 12.3. The molecule has 1 aliphatic rings. The highest BCUT2D eigenvalue weighted by molar-refractivity contribution is 5.91. The molecule has 0 spiro atoms. The molecule has 0 unspecified atom stereocenters. The molecule has 2 aromatic rings. The van der Waals surface area contributed by atoms with Crippen molar-refractivity contribution < 1.29 is 13.9 Å². The minimum atomic E-state index is -0.143. The second kappa shape index (κ2) is 7.20. The first-order valence-corrected chi connectivity index (χ1v) is 7.43. The molecule has 22 heavy (non-hydrogen) atoms. The van der Waals surface area contributed by atoms with E-state index in [0.29, 0.717) is 12.4 Å². The number of morpholine rings is 1. The molecule has 116 valence electrons. The molecule has 6 nitrogen and oxygen atoms in total. The van der Waals surface area contributed by atoms with Crippen LogP contribution in [-0.2, 0) is 9.53 Å². The summed E-state index contributed by atoms with van der Waals surface area (Å²) < 4.78 is 10.8. The molecule has 0 bridgehead atoms. The number of nitrogens with one attached hydrogen (secondary N) is 1. The molecule has 1 saturated heterocycles. The van der Waals surface area contributed by atoms with Crippen LogP contribution in [0.5, 0.6) is 0 Å². The summed E-state index contributed by atoms with van der Waals surface area (Å²) in [4.78, 5) is 18.3. The number of oxazole rings is 1. The van der Waals surface area contributed by atoms with Gasteiger partial charge in [0.25, 0.3) is 0 Å². The lowest BCUT2D eigenvalue weighted by atomic mass is 10.3. The number of nitrogens with zero attached hydrogens (tertiary/aromatic N) is 2. The average molecular weight is 301 g/mol. The smallest absolute Gasteiger partial charge is 0.244 e. The molecule has 2 heterocycles. The monoisotopic (exact) mass is 301 g/mol. The number of carbonyl (C=O) groups is 1. The number of carbonyl (C=O) groups excluding carboxylic acids is 1. The lowest BCUT2D eigenvalue weighted by Gasteiger charge is -2.26. The molecule has 1 amide bonds. The number of ether oxygens (including phenoxy) is 1. The molecule has 1 N–H and O–H groups in total. The summed E-state index contributed by atoms with van der Waals surface area (Å²) in [6.45, 7) is 4.85. The number of benzene rings is 1. The summed E-state index contributed by atoms with van der Waals surface area (Å²) in [5.41, 5.74) is 1.50. The van der Waals surface area contributed by atoms with Crippen LogP contribution in [0.2, 0.25) is 0 Å². The number of amides is 1. The van der Waals surface area contributed by atoms with Crippen LogP contribution in [0.3, 0.4) is 0 Å². The van der Waals surface area contributed by atoms with E-state index in [1.54, 1.807) is 6.08 Å². The molecule has 0 radical (unpaired) electrons. The van der Waals surface area contributed by atoms with Crippen LogP contribution < -0.4 is 5.32 Å². The molecule has 0 atom stereocenters. The Hall–Kier alpha value is -2.18. The van der Waals surface area contributed by atoms with E-state index in [2.05, 4.69) is 15.2 Å². The fraction of sp³-hybridized carbons (Fsp3) is 0.375. The summed E-state index contributed by atoms with van der Waals surface area (Å²) in [6.07, 6.45) is 3.04. The lowest BCUT2D eigenvalue weighted by Crippen LogP contribution is -2.41. The normalized spacial score (nSPS) is 16.4. The third-order valence-corrected chi connectivity index (χ3v) is 3.52. The Morgan fingerprint density at radius 1 is 1.32 bits per heavy atom. The SMILES string of the molecule is O=C(/C=C\c1nc2ccccc2o1)NCCN1CCOCC1. The Kier molecular flexibility index (Phi) is 4.82. The number of aromatic nitrogens is 1. The Labute approximate surface area is 128 Å². The first-order valence-electron chi connectivity index (χ1n) is 7.43. The standard InChI is InChI=1S/C16H19N3O3/c20-15(17-7-8-19-9-11-21-12-10-19)5-6-16-18-13-3-1-2-4-14(13)22-16/h1-6H,7-12H2,(H,17,20)/b6-5-. The second-order valence-corrected chi connectivity index (χ2v) is 5.10. The molecule has 6 heteroatoms. The molecular weight excluding hydrogens is 282 g/mol. The fourth-order valence-corrected chi connectivity index (χ4v) is 2.33. The van der Waals surface area contributed by atoms with Gasteiger partial charge >= 0.3 is 0 Å². The molecule has 0 saturated carbocycles. The van der Waals surface area contributed by atoms with Crippen molar-refractivity contribution >= 4 is 23.1 Å². The highest BCUT2D eigenvalue weighted by atomic mass is 16.5. The Morgan fingerprint density at radius 2 is 2.14 bits per heavy atom. The summed E-state index contributed by atoms with van der Waals surface area (Å²) in [7, 11) is 0. The van der Waals surface area contributed by atoms with Gasteiger partial charge in [-0.3, -0.25) is 9.69 Å². The van der Waals surface area contributed by atoms with Crippen molar-refractivity contribution in [3.05, 3.63) is 36.2 Å². The minimum Gasteiger partial charge on any atom is -0.437 e. The summed E-state index contributed by atoms with van der Waals surface area (Å²) >= 11 is 0. The van der Waals surface area contributed by atoms with Gasteiger partial charge in [-0.2, -0.15) is 0 Å². The van der Waals surface area contributed by atoms with Crippen LogP contribution in [-0.4, -0.2) is 55.2 Å². The maximum Gasteiger partial charge on any atom is 0.244 e. The summed E-state index contributed by atoms with van der Waals surface area (Å²) in [6, 6.07) is 7.51. The fourth-order valence-electron chi connectivity index (χ4n) is 2.33. The van der Waals surface area contributed by atoms with Crippen LogP contribution in [0.1, 0.15) is 5.89 Å². The molecule has 1 aromatic carbocycles. The average Bonchev–Trinajstić information content (AvgIpc) is 2.97. The van der Waals surface area contributed by atoms with E-state index in [0.717, 1.165) is 43.9 Å². The highest BCUT2D eigenvalue weighted by Gasteiger charge is 2.09. The number of para-hydroxylation sites is 2. The third kappa shape index (κ3) is 3.93. The van der Waals surface area contributed by atoms with Gasteiger partial charge in [0.15, 0.2) is 5.58 Å². The van der Waals surface area contributed by atoms with Crippen LogP contribution in [0.4, 0.5) is 0 Å². The van der Waals surface area contributed by atoms with E-state index < -0.39 is 0 Å². The van der Waals surface area contributed by atoms with E-state index >= 15 is 0 Å². The highest BCUT2D eigenvalue weighted by Crippen LogP contribution is 2.15. The Morgan fingerprint density at radius 3 is 2.95 bits per heavy atom. The van der Waals surface area contributed by atoms with E-state index in [-0.39, 0.29) is 5.91 Å². The maximum absolute atomic E-state index is 11.8. The molecule has 3 rings (SSSR count). The second-order valence-electron chi connectivity index (χ2n) is 5.10. The quantitative estimate of drug-likeness (QED) is 0.843. The first kappa shape index (κ1) is 14.7. The van der Waals surface area contributed by atoms with Gasteiger partial charge in [-0.15, -0.1) is 0 Å². The predicted octanol–water partition coefficient (Wildman–Crippen LogP) is 1.29. The zero-order chi connectivity index (χ0) is 15.2. The minimum absolute atomic E-state index is 0.143. The van der Waals surface area contributed by atoms with Gasteiger partial charge in [0, 0.05) is 38.3 Å². The summed E-state index contributed by atoms with van der Waals surface area (Å²) in [5.74, 6) is 0.292. The third-order valence-electron chi connectivity index (χ3n) is 3.52. The number of hydrogen-bond donors (Lipinski definition) is 1. The Bertz CT molecular complexity index is 626. The predicted molar refractivity (Wildman–Crippen MR) is 83.3 cm³/mol. The van der Waals surface area contributed by atoms with Gasteiger partial charge in [-0.1, -0.05) is 12.1 Å². The van der Waals surface area contributed by atoms with Gasteiger partial charge < -0.3 is 14.5 Å². The maximum atomic E-state index is 11.8. The van der Waals surface area contributed by atoms with E-state index in [9.17, 15) is 4.79 Å². The number of fused-ring (bicyclic) bond motifs is 1. The van der Waals surface area contributed by atoms with Crippen molar-refractivity contribution in [1.82, 2.24) is 15.2 Å². The van der Waals surface area contributed by atoms with Crippen molar-refractivity contribution in [3.63, 3.8) is 0 Å². The van der Waals surface area contributed by atoms with Crippen LogP contribution >= 0.6 is 0 Å². The van der Waals surface area contributed by atoms with Gasteiger partial charge in [0.05, 0.1) is 13.2 Å². The lowest BCUT2D eigenvalue weighted by molar-refractivity contribution is -0.116. The van der Waals surface area contributed by atoms with Crippen molar-refractivity contribution in [3.8, 4) is 0 Å². The number of hydrogen-bond acceptors (Lipinski definition) is 5. The van der Waals surface area contributed by atoms with Crippen LogP contribution in [0.25, 0.3) is 17.2 Å². The van der Waals surface area contributed by atoms with E-state index in [1.807, 2.05) is 24.3 Å². The van der Waals surface area contributed by atoms with Gasteiger partial charge in [0.2, 0.25) is 11.8 Å². The van der Waals surface area contributed by atoms with Gasteiger partial charge in [-0.25, -0.2) is 4.98 Å². The molecule has 0 aliphatic carbocycles. The van der Waals surface area contributed by atoms with Crippen LogP contribution in [0, 0.1) is 0 Å². The van der Waals surface area contributed by atoms with Gasteiger partial charge in [-0.05, 0) is 12.1 Å². The largest absolute Gasteiger partial charge is 0.437 e. The molecular formula is C16H19N3O3. The van der Waals surface area contributed by atoms with E-state index in [1.165, 1.54) is 6.08 Å². The zero-order valence-electron chi connectivity index (χ0n) is 12.3. The van der Waals surface area contributed by atoms with Crippen molar-refractivity contribution in [2.75, 3.05) is 39.4 Å². The summed E-state index contributed by atoms with van der Waals surface area (Å²) in [5, 5.41) is 2.86. The molecule has 1 fully saturated rings. The first-order chi connectivity index (χ1) is 10.8.